The van der Waals surface area contributed by atoms with Crippen LogP contribution in [-0.4, -0.2) is 4.98 Å². The molecule has 0 saturated heterocycles. The topological polar surface area (TPSA) is 26.0 Å². The minimum Gasteiger partial charge on any atom is -0.439 e. The van der Waals surface area contributed by atoms with Crippen molar-refractivity contribution in [2.75, 3.05) is 0 Å². The van der Waals surface area contributed by atoms with E-state index >= 15 is 0 Å². The largest absolute Gasteiger partial charge is 0.439 e. The van der Waals surface area contributed by atoms with Crippen molar-refractivity contribution in [2.24, 2.45) is 0 Å². The van der Waals surface area contributed by atoms with E-state index in [2.05, 4.69) is 20.9 Å². The van der Waals surface area contributed by atoms with E-state index in [-0.39, 0.29) is 16.1 Å². The van der Waals surface area contributed by atoms with Crippen molar-refractivity contribution < 1.29 is 17.6 Å². The van der Waals surface area contributed by atoms with Crippen LogP contribution < -0.4 is 0 Å². The van der Waals surface area contributed by atoms with Gasteiger partial charge in [0.2, 0.25) is 0 Å². The first-order valence-corrected chi connectivity index (χ1v) is 5.05. The Morgan fingerprint density at radius 2 is 1.88 bits per heavy atom. The zero-order chi connectivity index (χ0) is 11.8. The minimum atomic E-state index is -4.40. The van der Waals surface area contributed by atoms with Crippen LogP contribution in [0.25, 0.3) is 11.3 Å². The van der Waals surface area contributed by atoms with Crippen molar-refractivity contribution in [1.82, 2.24) is 4.98 Å². The van der Waals surface area contributed by atoms with Crippen LogP contribution in [0.1, 0.15) is 5.56 Å². The molecule has 1 aromatic carbocycles. The Hall–Kier alpha value is -1.30. The van der Waals surface area contributed by atoms with Gasteiger partial charge in [0.15, 0.2) is 0 Å². The molecule has 0 bridgehead atoms. The number of hydrogen-bond donors (Lipinski definition) is 0. The van der Waals surface area contributed by atoms with Crippen LogP contribution in [-0.2, 0) is 6.18 Å². The normalized spacial score (nSPS) is 11.8. The van der Waals surface area contributed by atoms with Crippen LogP contribution in [0.3, 0.4) is 0 Å². The molecule has 0 aliphatic carbocycles. The van der Waals surface area contributed by atoms with E-state index in [0.717, 1.165) is 6.07 Å². The summed E-state index contributed by atoms with van der Waals surface area (Å²) in [5, 5.41) is 0. The molecule has 0 aliphatic heterocycles. The van der Waals surface area contributed by atoms with Gasteiger partial charge in [0.05, 0.1) is 5.56 Å². The maximum Gasteiger partial charge on any atom is 0.417 e. The lowest BCUT2D eigenvalue weighted by molar-refractivity contribution is -0.137. The number of rotatable bonds is 1. The monoisotopic (exact) mass is 291 g/mol. The number of alkyl halides is 3. The Labute approximate surface area is 97.2 Å². The van der Waals surface area contributed by atoms with Gasteiger partial charge in [0.1, 0.15) is 12.0 Å². The third-order valence-corrected chi connectivity index (χ3v) is 2.35. The number of benzene rings is 1. The van der Waals surface area contributed by atoms with E-state index < -0.39 is 11.7 Å². The first-order valence-electron chi connectivity index (χ1n) is 4.26. The molecule has 0 atom stereocenters. The van der Waals surface area contributed by atoms with Crippen molar-refractivity contribution in [1.29, 1.82) is 0 Å². The summed E-state index contributed by atoms with van der Waals surface area (Å²) in [6.07, 6.45) is -3.23. The molecule has 0 amide bonds. The van der Waals surface area contributed by atoms with Crippen molar-refractivity contribution in [3.8, 4) is 11.3 Å². The van der Waals surface area contributed by atoms with Gasteiger partial charge in [-0.25, -0.2) is 4.98 Å². The fraction of sp³-hybridized carbons (Fsp3) is 0.100. The number of hydrogen-bond acceptors (Lipinski definition) is 2. The molecule has 0 N–H and O–H groups in total. The lowest BCUT2D eigenvalue weighted by atomic mass is 10.1. The number of oxazole rings is 1. The van der Waals surface area contributed by atoms with E-state index in [1.807, 2.05) is 0 Å². The molecule has 0 unspecified atom stereocenters. The molecule has 0 fully saturated rings. The number of halogens is 4. The highest BCUT2D eigenvalue weighted by Gasteiger charge is 2.33. The average Bonchev–Trinajstić information content (AvgIpc) is 2.64. The molecule has 2 aromatic rings. The van der Waals surface area contributed by atoms with Gasteiger partial charge < -0.3 is 4.42 Å². The molecule has 84 valence electrons. The lowest BCUT2D eigenvalue weighted by Gasteiger charge is -2.10. The van der Waals surface area contributed by atoms with E-state index in [1.54, 1.807) is 0 Å². The third-order valence-electron chi connectivity index (χ3n) is 1.98. The van der Waals surface area contributed by atoms with Crippen LogP contribution in [0.4, 0.5) is 13.2 Å². The molecular weight excluding hydrogens is 287 g/mol. The molecule has 1 aromatic heterocycles. The molecule has 6 heteroatoms. The predicted octanol–water partition coefficient (Wildman–Crippen LogP) is 4.12. The molecular formula is C10H5BrF3NO. The summed E-state index contributed by atoms with van der Waals surface area (Å²) in [4.78, 5) is 3.96. The Morgan fingerprint density at radius 1 is 1.19 bits per heavy atom. The molecule has 0 aliphatic rings. The number of nitrogens with zero attached hydrogens (tertiary/aromatic N) is 1. The van der Waals surface area contributed by atoms with Gasteiger partial charge in [-0.05, 0) is 6.07 Å². The van der Waals surface area contributed by atoms with Gasteiger partial charge in [-0.15, -0.1) is 0 Å². The summed E-state index contributed by atoms with van der Waals surface area (Å²) in [6.45, 7) is 0. The van der Waals surface area contributed by atoms with Crippen LogP contribution in [0.15, 0.2) is 39.7 Å². The second-order valence-electron chi connectivity index (χ2n) is 3.03. The van der Waals surface area contributed by atoms with Gasteiger partial charge in [-0.3, -0.25) is 0 Å². The van der Waals surface area contributed by atoms with Gasteiger partial charge in [-0.1, -0.05) is 18.2 Å². The Morgan fingerprint density at radius 3 is 2.44 bits per heavy atom. The third kappa shape index (κ3) is 2.11. The first kappa shape index (κ1) is 11.2. The minimum absolute atomic E-state index is 0.00412. The highest BCUT2D eigenvalue weighted by Crippen LogP contribution is 2.36. The summed E-state index contributed by atoms with van der Waals surface area (Å²) in [7, 11) is 0. The molecule has 1 heterocycles. The average molecular weight is 292 g/mol. The SMILES string of the molecule is FC(F)(F)c1ccccc1-c1coc(Br)n1. The second kappa shape index (κ2) is 3.93. The fourth-order valence-electron chi connectivity index (χ4n) is 1.33. The van der Waals surface area contributed by atoms with E-state index in [0.29, 0.717) is 0 Å². The highest BCUT2D eigenvalue weighted by atomic mass is 79.9. The smallest absolute Gasteiger partial charge is 0.417 e. The standard InChI is InChI=1S/C10H5BrF3NO/c11-9-15-8(5-16-9)6-3-1-2-4-7(6)10(12,13)14/h1-5H. The maximum absolute atomic E-state index is 12.7. The van der Waals surface area contributed by atoms with E-state index in [1.165, 1.54) is 24.5 Å². The van der Waals surface area contributed by atoms with Crippen molar-refractivity contribution in [3.05, 3.63) is 40.9 Å². The Balaban J connectivity index is 2.57. The van der Waals surface area contributed by atoms with Crippen LogP contribution in [0, 0.1) is 0 Å². The van der Waals surface area contributed by atoms with Crippen molar-refractivity contribution >= 4 is 15.9 Å². The number of aromatic nitrogens is 1. The first-order chi connectivity index (χ1) is 7.48. The molecule has 16 heavy (non-hydrogen) atoms. The van der Waals surface area contributed by atoms with Crippen LogP contribution in [0.2, 0.25) is 0 Å². The molecule has 2 nitrogen and oxygen atoms in total. The predicted molar refractivity (Wildman–Crippen MR) is 54.6 cm³/mol. The van der Waals surface area contributed by atoms with Crippen LogP contribution >= 0.6 is 15.9 Å². The molecule has 2 rings (SSSR count). The van der Waals surface area contributed by atoms with E-state index in [9.17, 15) is 13.2 Å². The summed E-state index contributed by atoms with van der Waals surface area (Å²) in [6, 6.07) is 5.22. The zero-order valence-corrected chi connectivity index (χ0v) is 9.34. The highest BCUT2D eigenvalue weighted by molar-refractivity contribution is 9.10. The summed E-state index contributed by atoms with van der Waals surface area (Å²) >= 11 is 2.95. The summed E-state index contributed by atoms with van der Waals surface area (Å²) < 4.78 is 42.8. The Bertz CT molecular complexity index is 507. The Kier molecular flexibility index (Phi) is 2.75. The van der Waals surface area contributed by atoms with Gasteiger partial charge in [0, 0.05) is 21.5 Å². The van der Waals surface area contributed by atoms with Crippen molar-refractivity contribution in [2.45, 2.75) is 6.18 Å². The lowest BCUT2D eigenvalue weighted by Crippen LogP contribution is -2.06. The fourth-order valence-corrected chi connectivity index (χ4v) is 1.61. The van der Waals surface area contributed by atoms with E-state index in [4.69, 9.17) is 4.42 Å². The van der Waals surface area contributed by atoms with Crippen LogP contribution in [0.5, 0.6) is 0 Å². The quantitative estimate of drug-likeness (QED) is 0.790. The summed E-state index contributed by atoms with van der Waals surface area (Å²) in [5.41, 5.74) is -0.569. The van der Waals surface area contributed by atoms with Crippen molar-refractivity contribution in [3.63, 3.8) is 0 Å². The molecule has 0 radical (unpaired) electrons. The van der Waals surface area contributed by atoms with Gasteiger partial charge in [-0.2, -0.15) is 13.2 Å². The summed E-state index contributed by atoms with van der Waals surface area (Å²) in [5.74, 6) is 0. The molecule has 0 spiro atoms. The second-order valence-corrected chi connectivity index (χ2v) is 3.71. The van der Waals surface area contributed by atoms with Gasteiger partial charge in [0.25, 0.3) is 4.80 Å². The van der Waals surface area contributed by atoms with Gasteiger partial charge >= 0.3 is 6.18 Å². The molecule has 0 saturated carbocycles. The zero-order valence-electron chi connectivity index (χ0n) is 7.75. The maximum atomic E-state index is 12.7.